The molecule has 0 saturated carbocycles. The molecule has 1 aliphatic rings. The van der Waals surface area contributed by atoms with E-state index in [1.165, 1.54) is 0 Å². The minimum Gasteiger partial charge on any atom is -0.481 e. The molecule has 0 spiro atoms. The minimum absolute atomic E-state index is 0.109. The van der Waals surface area contributed by atoms with Gasteiger partial charge >= 0.3 is 5.97 Å². The van der Waals surface area contributed by atoms with Crippen LogP contribution in [0.4, 0.5) is 0 Å². The first kappa shape index (κ1) is 12.0. The second kappa shape index (κ2) is 6.40. The second-order valence-corrected chi connectivity index (χ2v) is 3.73. The molecule has 5 nitrogen and oxygen atoms in total. The van der Waals surface area contributed by atoms with Crippen molar-refractivity contribution in [3.63, 3.8) is 0 Å². The average Bonchev–Trinajstić information content (AvgIpc) is 2.69. The molecule has 0 aromatic heterocycles. The van der Waals surface area contributed by atoms with Crippen LogP contribution in [0.25, 0.3) is 0 Å². The van der Waals surface area contributed by atoms with E-state index in [0.29, 0.717) is 19.5 Å². The maximum atomic E-state index is 11.5. The van der Waals surface area contributed by atoms with Gasteiger partial charge in [-0.2, -0.15) is 0 Å². The Morgan fingerprint density at radius 2 is 1.73 bits per heavy atom. The van der Waals surface area contributed by atoms with E-state index in [1.807, 2.05) is 4.90 Å². The van der Waals surface area contributed by atoms with Gasteiger partial charge in [-0.05, 0) is 12.8 Å². The molecule has 1 saturated heterocycles. The normalized spacial score (nSPS) is 15.6. The molecule has 86 valence electrons. The van der Waals surface area contributed by atoms with Gasteiger partial charge in [-0.25, -0.2) is 0 Å². The van der Waals surface area contributed by atoms with Gasteiger partial charge < -0.3 is 15.3 Å². The van der Waals surface area contributed by atoms with E-state index < -0.39 is 5.97 Å². The first-order valence-electron chi connectivity index (χ1n) is 5.40. The molecule has 1 aliphatic heterocycles. The lowest BCUT2D eigenvalue weighted by Crippen LogP contribution is -2.31. The summed E-state index contributed by atoms with van der Waals surface area (Å²) < 4.78 is 0. The minimum atomic E-state index is -0.812. The largest absolute Gasteiger partial charge is 0.481 e. The van der Waals surface area contributed by atoms with Crippen LogP contribution in [0.1, 0.15) is 25.7 Å². The summed E-state index contributed by atoms with van der Waals surface area (Å²) in [5.41, 5.74) is 0. The van der Waals surface area contributed by atoms with Gasteiger partial charge in [0.25, 0.3) is 0 Å². The highest BCUT2D eigenvalue weighted by Gasteiger charge is 2.16. The van der Waals surface area contributed by atoms with Crippen LogP contribution in [0.3, 0.4) is 0 Å². The number of hydrogen-bond donors (Lipinski definition) is 2. The number of carbonyl (C=O) groups is 2. The summed E-state index contributed by atoms with van der Waals surface area (Å²) >= 11 is 0. The van der Waals surface area contributed by atoms with Gasteiger partial charge in [-0.15, -0.1) is 0 Å². The van der Waals surface area contributed by atoms with Crippen molar-refractivity contribution < 1.29 is 14.7 Å². The molecule has 0 atom stereocenters. The van der Waals surface area contributed by atoms with E-state index >= 15 is 0 Å². The van der Waals surface area contributed by atoms with Crippen molar-refractivity contribution in [3.05, 3.63) is 0 Å². The maximum Gasteiger partial charge on any atom is 0.304 e. The van der Waals surface area contributed by atoms with Gasteiger partial charge in [-0.3, -0.25) is 9.59 Å². The predicted molar refractivity (Wildman–Crippen MR) is 55.6 cm³/mol. The third-order valence-corrected chi connectivity index (χ3v) is 2.49. The van der Waals surface area contributed by atoms with Crippen molar-refractivity contribution >= 4 is 11.9 Å². The van der Waals surface area contributed by atoms with Gasteiger partial charge in [0.05, 0.1) is 6.42 Å². The highest BCUT2D eigenvalue weighted by Crippen LogP contribution is 2.08. The summed E-state index contributed by atoms with van der Waals surface area (Å²) in [6, 6.07) is 0. The number of rotatable bonds is 6. The van der Waals surface area contributed by atoms with Gasteiger partial charge in [0.1, 0.15) is 0 Å². The van der Waals surface area contributed by atoms with Crippen molar-refractivity contribution in [3.8, 4) is 0 Å². The van der Waals surface area contributed by atoms with Crippen LogP contribution in [0.5, 0.6) is 0 Å². The molecule has 1 amide bonds. The van der Waals surface area contributed by atoms with Crippen LogP contribution >= 0.6 is 0 Å². The van der Waals surface area contributed by atoms with Gasteiger partial charge in [0.2, 0.25) is 5.91 Å². The highest BCUT2D eigenvalue weighted by molar-refractivity contribution is 5.76. The first-order valence-corrected chi connectivity index (χ1v) is 5.40. The molecule has 5 heteroatoms. The standard InChI is InChI=1S/C10H18N2O3/c13-9(12-7-1-2-8-12)3-5-11-6-4-10(14)15/h11H,1-8H2,(H,14,15). The van der Waals surface area contributed by atoms with Crippen LogP contribution in [-0.4, -0.2) is 48.1 Å². The van der Waals surface area contributed by atoms with E-state index in [0.717, 1.165) is 25.9 Å². The molecular formula is C10H18N2O3. The average molecular weight is 214 g/mol. The topological polar surface area (TPSA) is 69.6 Å². The number of hydrogen-bond acceptors (Lipinski definition) is 3. The van der Waals surface area contributed by atoms with Crippen molar-refractivity contribution in [2.45, 2.75) is 25.7 Å². The molecule has 0 aromatic carbocycles. The van der Waals surface area contributed by atoms with Gasteiger partial charge in [0.15, 0.2) is 0 Å². The summed E-state index contributed by atoms with van der Waals surface area (Å²) in [6.45, 7) is 2.77. The number of nitrogens with zero attached hydrogens (tertiary/aromatic N) is 1. The third kappa shape index (κ3) is 4.78. The molecule has 2 N–H and O–H groups in total. The fourth-order valence-corrected chi connectivity index (χ4v) is 1.64. The Kier molecular flexibility index (Phi) is 5.10. The number of carboxylic acids is 1. The molecule has 0 radical (unpaired) electrons. The monoisotopic (exact) mass is 214 g/mol. The lowest BCUT2D eigenvalue weighted by molar-refractivity contribution is -0.136. The molecule has 1 fully saturated rings. The number of amides is 1. The van der Waals surface area contributed by atoms with E-state index in [2.05, 4.69) is 5.32 Å². The fraction of sp³-hybridized carbons (Fsp3) is 0.800. The SMILES string of the molecule is O=C(O)CCNCCC(=O)N1CCCC1. The molecule has 1 heterocycles. The van der Waals surface area contributed by atoms with Crippen molar-refractivity contribution in [1.82, 2.24) is 10.2 Å². The predicted octanol–water partition coefficient (Wildman–Crippen LogP) is 0.0632. The van der Waals surface area contributed by atoms with E-state index in [9.17, 15) is 9.59 Å². The first-order chi connectivity index (χ1) is 7.20. The Balaban J connectivity index is 1.99. The summed E-state index contributed by atoms with van der Waals surface area (Å²) in [4.78, 5) is 23.6. The van der Waals surface area contributed by atoms with Crippen molar-refractivity contribution in [2.24, 2.45) is 0 Å². The molecule has 1 rings (SSSR count). The van der Waals surface area contributed by atoms with Crippen LogP contribution in [0.2, 0.25) is 0 Å². The zero-order valence-electron chi connectivity index (χ0n) is 8.87. The molecular weight excluding hydrogens is 196 g/mol. The van der Waals surface area contributed by atoms with Crippen LogP contribution < -0.4 is 5.32 Å². The van der Waals surface area contributed by atoms with E-state index in [4.69, 9.17) is 5.11 Å². The van der Waals surface area contributed by atoms with Crippen LogP contribution in [0, 0.1) is 0 Å². The lowest BCUT2D eigenvalue weighted by atomic mass is 10.3. The number of nitrogens with one attached hydrogen (secondary N) is 1. The Bertz CT molecular complexity index is 225. The van der Waals surface area contributed by atoms with E-state index in [1.54, 1.807) is 0 Å². The quantitative estimate of drug-likeness (QED) is 0.614. The number of carboxylic acid groups (broad SMARTS) is 1. The Morgan fingerprint density at radius 1 is 1.13 bits per heavy atom. The zero-order chi connectivity index (χ0) is 11.1. The van der Waals surface area contributed by atoms with Crippen LogP contribution in [-0.2, 0) is 9.59 Å². The zero-order valence-corrected chi connectivity index (χ0v) is 8.87. The summed E-state index contributed by atoms with van der Waals surface area (Å²) in [5.74, 6) is -0.635. The Morgan fingerprint density at radius 3 is 2.33 bits per heavy atom. The van der Waals surface area contributed by atoms with Crippen molar-refractivity contribution in [1.29, 1.82) is 0 Å². The summed E-state index contributed by atoms with van der Waals surface area (Å²) in [6.07, 6.45) is 2.80. The lowest BCUT2D eigenvalue weighted by Gasteiger charge is -2.14. The summed E-state index contributed by atoms with van der Waals surface area (Å²) in [5, 5.41) is 11.3. The van der Waals surface area contributed by atoms with Crippen LogP contribution in [0.15, 0.2) is 0 Å². The third-order valence-electron chi connectivity index (χ3n) is 2.49. The Hall–Kier alpha value is -1.10. The molecule has 0 aromatic rings. The fourth-order valence-electron chi connectivity index (χ4n) is 1.64. The number of aliphatic carboxylic acids is 1. The molecule has 15 heavy (non-hydrogen) atoms. The number of carbonyl (C=O) groups excluding carboxylic acids is 1. The van der Waals surface area contributed by atoms with Gasteiger partial charge in [-0.1, -0.05) is 0 Å². The maximum absolute atomic E-state index is 11.5. The molecule has 0 unspecified atom stereocenters. The summed E-state index contributed by atoms with van der Waals surface area (Å²) in [7, 11) is 0. The Labute approximate surface area is 89.4 Å². The van der Waals surface area contributed by atoms with Gasteiger partial charge in [0, 0.05) is 32.6 Å². The smallest absolute Gasteiger partial charge is 0.304 e. The van der Waals surface area contributed by atoms with Crippen molar-refractivity contribution in [2.75, 3.05) is 26.2 Å². The molecule has 0 bridgehead atoms. The number of likely N-dealkylation sites (tertiary alicyclic amines) is 1. The van der Waals surface area contributed by atoms with E-state index in [-0.39, 0.29) is 12.3 Å². The highest BCUT2D eigenvalue weighted by atomic mass is 16.4. The second-order valence-electron chi connectivity index (χ2n) is 3.73. The molecule has 0 aliphatic carbocycles.